The Balaban J connectivity index is 1.71. The lowest BCUT2D eigenvalue weighted by Crippen LogP contribution is -2.33. The molecule has 1 fully saturated rings. The summed E-state index contributed by atoms with van der Waals surface area (Å²) in [4.78, 5) is 15.0. The summed E-state index contributed by atoms with van der Waals surface area (Å²) in [6, 6.07) is 15.3. The molecule has 1 amide bonds. The quantitative estimate of drug-likeness (QED) is 0.827. The summed E-state index contributed by atoms with van der Waals surface area (Å²) in [6.07, 6.45) is 2.51. The van der Waals surface area contributed by atoms with E-state index in [1.165, 1.54) is 12.8 Å². The molecule has 0 unspecified atom stereocenters. The number of amides is 1. The smallest absolute Gasteiger partial charge is 0.255 e. The van der Waals surface area contributed by atoms with Gasteiger partial charge in [-0.25, -0.2) is 0 Å². The Morgan fingerprint density at radius 3 is 2.38 bits per heavy atom. The Kier molecular flexibility index (Phi) is 5.82. The van der Waals surface area contributed by atoms with Crippen molar-refractivity contribution in [1.82, 2.24) is 0 Å². The van der Waals surface area contributed by atoms with Gasteiger partial charge in [0, 0.05) is 18.7 Å². The van der Waals surface area contributed by atoms with Crippen molar-refractivity contribution in [2.24, 2.45) is 5.92 Å². The second kappa shape index (κ2) is 8.26. The van der Waals surface area contributed by atoms with Crippen LogP contribution in [0.4, 0.5) is 11.4 Å². The van der Waals surface area contributed by atoms with Crippen molar-refractivity contribution in [2.45, 2.75) is 39.7 Å². The van der Waals surface area contributed by atoms with E-state index < -0.39 is 0 Å². The van der Waals surface area contributed by atoms with Gasteiger partial charge in [0.2, 0.25) is 0 Å². The molecule has 2 aromatic carbocycles. The summed E-state index contributed by atoms with van der Waals surface area (Å²) >= 11 is 0. The predicted molar refractivity (Wildman–Crippen MR) is 107 cm³/mol. The van der Waals surface area contributed by atoms with E-state index in [1.807, 2.05) is 44.2 Å². The van der Waals surface area contributed by atoms with Crippen LogP contribution in [0.5, 0.6) is 5.75 Å². The number of piperidine rings is 1. The Bertz CT molecular complexity index is 732. The fraction of sp³-hybridized carbons (Fsp3) is 0.409. The minimum Gasteiger partial charge on any atom is -0.491 e. The molecule has 1 aliphatic rings. The van der Waals surface area contributed by atoms with Crippen molar-refractivity contribution in [3.63, 3.8) is 0 Å². The highest BCUT2D eigenvalue weighted by Crippen LogP contribution is 2.30. The lowest BCUT2D eigenvalue weighted by atomic mass is 9.98. The minimum atomic E-state index is -0.0982. The molecule has 0 saturated carbocycles. The van der Waals surface area contributed by atoms with Crippen LogP contribution in [-0.2, 0) is 0 Å². The highest BCUT2D eigenvalue weighted by molar-refractivity contribution is 6.06. The van der Waals surface area contributed by atoms with Gasteiger partial charge in [-0.2, -0.15) is 0 Å². The van der Waals surface area contributed by atoms with Crippen molar-refractivity contribution in [3.8, 4) is 5.75 Å². The summed E-state index contributed by atoms with van der Waals surface area (Å²) in [7, 11) is 0. The van der Waals surface area contributed by atoms with E-state index in [1.54, 1.807) is 12.1 Å². The van der Waals surface area contributed by atoms with Gasteiger partial charge in [-0.05, 0) is 69.0 Å². The number of carbonyl (C=O) groups excluding carboxylic acids is 1. The van der Waals surface area contributed by atoms with E-state index in [0.717, 1.165) is 36.1 Å². The van der Waals surface area contributed by atoms with Crippen LogP contribution >= 0.6 is 0 Å². The van der Waals surface area contributed by atoms with Crippen molar-refractivity contribution < 1.29 is 9.53 Å². The van der Waals surface area contributed by atoms with E-state index in [4.69, 9.17) is 4.74 Å². The Hall–Kier alpha value is -2.49. The molecule has 0 spiro atoms. The van der Waals surface area contributed by atoms with Gasteiger partial charge in [0.1, 0.15) is 5.75 Å². The molecular weight excluding hydrogens is 324 g/mol. The predicted octanol–water partition coefficient (Wildman–Crippen LogP) is 4.96. The molecule has 0 aromatic heterocycles. The van der Waals surface area contributed by atoms with Crippen LogP contribution in [0.3, 0.4) is 0 Å². The molecular formula is C22H28N2O2. The highest BCUT2D eigenvalue weighted by atomic mass is 16.5. The maximum atomic E-state index is 12.7. The lowest BCUT2D eigenvalue weighted by Gasteiger charge is -2.33. The van der Waals surface area contributed by atoms with Crippen LogP contribution < -0.4 is 15.0 Å². The monoisotopic (exact) mass is 352 g/mol. The summed E-state index contributed by atoms with van der Waals surface area (Å²) in [5.74, 6) is 1.46. The summed E-state index contributed by atoms with van der Waals surface area (Å²) in [6.45, 7) is 8.35. The zero-order chi connectivity index (χ0) is 18.5. The standard InChI is InChI=1S/C22H28N2O2/c1-16(2)26-19-10-8-18(9-11-19)22(25)23-20-6-4-5-7-21(20)24-14-12-17(3)13-15-24/h4-11,16-17H,12-15H2,1-3H3,(H,23,25). The molecule has 138 valence electrons. The van der Waals surface area contributed by atoms with E-state index >= 15 is 0 Å². The second-order valence-electron chi connectivity index (χ2n) is 7.33. The molecule has 4 heteroatoms. The number of nitrogens with zero attached hydrogens (tertiary/aromatic N) is 1. The number of carbonyl (C=O) groups is 1. The summed E-state index contributed by atoms with van der Waals surface area (Å²) in [5, 5.41) is 3.07. The average molecular weight is 352 g/mol. The molecule has 0 radical (unpaired) electrons. The van der Waals surface area contributed by atoms with Gasteiger partial charge in [-0.1, -0.05) is 19.1 Å². The largest absolute Gasteiger partial charge is 0.491 e. The van der Waals surface area contributed by atoms with Crippen LogP contribution in [0, 0.1) is 5.92 Å². The third-order valence-electron chi connectivity index (χ3n) is 4.76. The van der Waals surface area contributed by atoms with Gasteiger partial charge in [0.25, 0.3) is 5.91 Å². The maximum absolute atomic E-state index is 12.7. The Morgan fingerprint density at radius 1 is 1.08 bits per heavy atom. The van der Waals surface area contributed by atoms with Gasteiger partial charge in [0.05, 0.1) is 17.5 Å². The first-order chi connectivity index (χ1) is 12.5. The van der Waals surface area contributed by atoms with Gasteiger partial charge in [0.15, 0.2) is 0 Å². The number of nitrogens with one attached hydrogen (secondary N) is 1. The average Bonchev–Trinajstić information content (AvgIpc) is 2.63. The topological polar surface area (TPSA) is 41.6 Å². The molecule has 1 saturated heterocycles. The first-order valence-corrected chi connectivity index (χ1v) is 9.45. The molecule has 3 rings (SSSR count). The summed E-state index contributed by atoms with van der Waals surface area (Å²) in [5.41, 5.74) is 2.60. The van der Waals surface area contributed by atoms with E-state index in [0.29, 0.717) is 5.56 Å². The third-order valence-corrected chi connectivity index (χ3v) is 4.76. The highest BCUT2D eigenvalue weighted by Gasteiger charge is 2.19. The van der Waals surface area contributed by atoms with E-state index in [2.05, 4.69) is 23.2 Å². The molecule has 0 atom stereocenters. The molecule has 4 nitrogen and oxygen atoms in total. The summed E-state index contributed by atoms with van der Waals surface area (Å²) < 4.78 is 5.64. The van der Waals surface area contributed by atoms with Crippen LogP contribution in [0.1, 0.15) is 44.0 Å². The number of rotatable bonds is 5. The first kappa shape index (κ1) is 18.3. The maximum Gasteiger partial charge on any atom is 0.255 e. The van der Waals surface area contributed by atoms with Crippen molar-refractivity contribution in [1.29, 1.82) is 0 Å². The molecule has 1 N–H and O–H groups in total. The Morgan fingerprint density at radius 2 is 1.73 bits per heavy atom. The number of anilines is 2. The molecule has 2 aromatic rings. The van der Waals surface area contributed by atoms with Crippen LogP contribution in [0.15, 0.2) is 48.5 Å². The first-order valence-electron chi connectivity index (χ1n) is 9.45. The zero-order valence-electron chi connectivity index (χ0n) is 15.9. The normalized spacial score (nSPS) is 15.2. The fourth-order valence-electron chi connectivity index (χ4n) is 3.26. The molecule has 0 bridgehead atoms. The molecule has 26 heavy (non-hydrogen) atoms. The van der Waals surface area contributed by atoms with Gasteiger partial charge >= 0.3 is 0 Å². The number of benzene rings is 2. The van der Waals surface area contributed by atoms with Crippen molar-refractivity contribution in [2.75, 3.05) is 23.3 Å². The minimum absolute atomic E-state index is 0.0982. The van der Waals surface area contributed by atoms with Crippen molar-refractivity contribution >= 4 is 17.3 Å². The molecule has 1 aliphatic heterocycles. The van der Waals surface area contributed by atoms with Gasteiger partial charge in [-0.15, -0.1) is 0 Å². The third kappa shape index (κ3) is 4.57. The van der Waals surface area contributed by atoms with E-state index in [-0.39, 0.29) is 12.0 Å². The van der Waals surface area contributed by atoms with Gasteiger partial charge in [-0.3, -0.25) is 4.79 Å². The van der Waals surface area contributed by atoms with Gasteiger partial charge < -0.3 is 15.0 Å². The number of ether oxygens (including phenoxy) is 1. The van der Waals surface area contributed by atoms with Crippen LogP contribution in [-0.4, -0.2) is 25.1 Å². The van der Waals surface area contributed by atoms with E-state index in [9.17, 15) is 4.79 Å². The number of hydrogen-bond donors (Lipinski definition) is 1. The van der Waals surface area contributed by atoms with Crippen molar-refractivity contribution in [3.05, 3.63) is 54.1 Å². The molecule has 0 aliphatic carbocycles. The fourth-order valence-corrected chi connectivity index (χ4v) is 3.26. The number of para-hydroxylation sites is 2. The van der Waals surface area contributed by atoms with Crippen LogP contribution in [0.2, 0.25) is 0 Å². The number of hydrogen-bond acceptors (Lipinski definition) is 3. The van der Waals surface area contributed by atoms with Crippen LogP contribution in [0.25, 0.3) is 0 Å². The SMILES string of the molecule is CC1CCN(c2ccccc2NC(=O)c2ccc(OC(C)C)cc2)CC1. The molecule has 1 heterocycles. The Labute approximate surface area is 156 Å². The lowest BCUT2D eigenvalue weighted by molar-refractivity contribution is 0.102. The zero-order valence-corrected chi connectivity index (χ0v) is 15.9. The second-order valence-corrected chi connectivity index (χ2v) is 7.33.